The molecule has 258 valence electrons. The second-order valence-corrected chi connectivity index (χ2v) is 13.1. The summed E-state index contributed by atoms with van der Waals surface area (Å²) in [6, 6.07) is -0.612. The van der Waals surface area contributed by atoms with Crippen LogP contribution >= 0.6 is 0 Å². The first kappa shape index (κ1) is 42.1. The van der Waals surface area contributed by atoms with Crippen LogP contribution < -0.4 is 0 Å². The van der Waals surface area contributed by atoms with Gasteiger partial charge in [-0.3, -0.25) is 9.59 Å². The Balaban J connectivity index is 4.44. The van der Waals surface area contributed by atoms with Crippen LogP contribution in [0.1, 0.15) is 149 Å². The molecule has 0 aromatic rings. The van der Waals surface area contributed by atoms with Gasteiger partial charge < -0.3 is 23.8 Å². The van der Waals surface area contributed by atoms with Gasteiger partial charge in [-0.15, -0.1) is 0 Å². The maximum Gasteiger partial charge on any atom is 0.362 e. The lowest BCUT2D eigenvalue weighted by molar-refractivity contribution is -0.887. The number of rotatable bonds is 31. The van der Waals surface area contributed by atoms with Gasteiger partial charge in [-0.2, -0.15) is 0 Å². The van der Waals surface area contributed by atoms with Crippen molar-refractivity contribution in [3.63, 3.8) is 0 Å². The molecule has 2 unspecified atom stereocenters. The zero-order valence-electron chi connectivity index (χ0n) is 29.1. The third-order valence-electron chi connectivity index (χ3n) is 7.93. The van der Waals surface area contributed by atoms with Crippen LogP contribution in [0.15, 0.2) is 12.2 Å². The summed E-state index contributed by atoms with van der Waals surface area (Å²) in [5.41, 5.74) is 0. The smallest absolute Gasteiger partial charge is 0.362 e. The SMILES string of the molecule is CCCCC/C=C/CCC(=O)OCC(COCCC(C(=O)O)[N+](C)(C)C)OC(=O)CCCCCCCCCCCCCCC. The van der Waals surface area contributed by atoms with Gasteiger partial charge in [-0.05, 0) is 25.7 Å². The molecule has 0 aromatic carbocycles. The van der Waals surface area contributed by atoms with Crippen LogP contribution in [-0.4, -0.2) is 80.6 Å². The Labute approximate surface area is 269 Å². The number of carbonyl (C=O) groups is 3. The van der Waals surface area contributed by atoms with Crippen molar-refractivity contribution >= 4 is 17.9 Å². The topological polar surface area (TPSA) is 99.1 Å². The number of nitrogens with zero attached hydrogens (tertiary/aromatic N) is 1. The summed E-state index contributed by atoms with van der Waals surface area (Å²) >= 11 is 0. The quantitative estimate of drug-likeness (QED) is 0.0357. The number of quaternary nitrogens is 1. The molecule has 0 radical (unpaired) electrons. The van der Waals surface area contributed by atoms with Crippen molar-refractivity contribution in [1.82, 2.24) is 0 Å². The van der Waals surface area contributed by atoms with E-state index in [-0.39, 0.29) is 42.7 Å². The van der Waals surface area contributed by atoms with E-state index in [4.69, 9.17) is 14.2 Å². The molecule has 0 amide bonds. The number of carboxylic acid groups (broad SMARTS) is 1. The van der Waals surface area contributed by atoms with Crippen LogP contribution in [0, 0.1) is 0 Å². The van der Waals surface area contributed by atoms with Crippen molar-refractivity contribution in [2.75, 3.05) is 41.0 Å². The Kier molecular flexibility index (Phi) is 27.3. The van der Waals surface area contributed by atoms with E-state index >= 15 is 0 Å². The molecule has 2 atom stereocenters. The highest BCUT2D eigenvalue weighted by molar-refractivity contribution is 5.72. The van der Waals surface area contributed by atoms with Crippen LogP contribution in [0.2, 0.25) is 0 Å². The molecule has 0 rings (SSSR count). The van der Waals surface area contributed by atoms with Gasteiger partial charge in [-0.1, -0.05) is 116 Å². The Bertz CT molecular complexity index is 747. The fourth-order valence-electron chi connectivity index (χ4n) is 5.11. The molecule has 0 saturated carbocycles. The molecule has 0 heterocycles. The number of aliphatic carboxylic acids is 1. The first-order chi connectivity index (χ1) is 21.1. The van der Waals surface area contributed by atoms with Gasteiger partial charge in [0.15, 0.2) is 12.1 Å². The fraction of sp³-hybridized carbons (Fsp3) is 0.861. The highest BCUT2D eigenvalue weighted by Gasteiger charge is 2.31. The number of hydrogen-bond acceptors (Lipinski definition) is 6. The fourth-order valence-corrected chi connectivity index (χ4v) is 5.11. The molecular weight excluding hydrogens is 558 g/mol. The van der Waals surface area contributed by atoms with Crippen molar-refractivity contribution in [2.45, 2.75) is 161 Å². The van der Waals surface area contributed by atoms with Crippen molar-refractivity contribution in [3.8, 4) is 0 Å². The predicted octanol–water partition coefficient (Wildman–Crippen LogP) is 8.41. The van der Waals surface area contributed by atoms with Crippen molar-refractivity contribution in [3.05, 3.63) is 12.2 Å². The van der Waals surface area contributed by atoms with E-state index in [2.05, 4.69) is 19.9 Å². The maximum absolute atomic E-state index is 12.6. The summed E-state index contributed by atoms with van der Waals surface area (Å²) in [5, 5.41) is 9.54. The summed E-state index contributed by atoms with van der Waals surface area (Å²) in [6.07, 6.45) is 25.6. The average Bonchev–Trinajstić information content (AvgIpc) is 2.96. The van der Waals surface area contributed by atoms with Crippen LogP contribution in [0.4, 0.5) is 0 Å². The predicted molar refractivity (Wildman–Crippen MR) is 179 cm³/mol. The van der Waals surface area contributed by atoms with E-state index < -0.39 is 18.1 Å². The van der Waals surface area contributed by atoms with Crippen LogP contribution in [0.3, 0.4) is 0 Å². The minimum Gasteiger partial charge on any atom is -0.477 e. The molecule has 0 aromatic heterocycles. The van der Waals surface area contributed by atoms with Gasteiger partial charge >= 0.3 is 17.9 Å². The molecule has 0 fully saturated rings. The second-order valence-electron chi connectivity index (χ2n) is 13.1. The van der Waals surface area contributed by atoms with Gasteiger partial charge in [0.1, 0.15) is 6.61 Å². The van der Waals surface area contributed by atoms with E-state index in [0.29, 0.717) is 19.3 Å². The van der Waals surface area contributed by atoms with E-state index in [1.807, 2.05) is 27.2 Å². The summed E-state index contributed by atoms with van der Waals surface area (Å²) < 4.78 is 17.0. The number of allylic oxidation sites excluding steroid dienone is 2. The molecule has 0 aliphatic carbocycles. The van der Waals surface area contributed by atoms with Crippen molar-refractivity contribution in [2.24, 2.45) is 0 Å². The minimum atomic E-state index is -0.879. The Morgan fingerprint density at radius 2 is 1.18 bits per heavy atom. The number of hydrogen-bond donors (Lipinski definition) is 1. The summed E-state index contributed by atoms with van der Waals surface area (Å²) in [6.45, 7) is 4.62. The number of ether oxygens (including phenoxy) is 3. The third kappa shape index (κ3) is 26.5. The largest absolute Gasteiger partial charge is 0.477 e. The molecule has 0 saturated heterocycles. The van der Waals surface area contributed by atoms with Gasteiger partial charge in [-0.25, -0.2) is 4.79 Å². The Hall–Kier alpha value is -1.93. The van der Waals surface area contributed by atoms with Gasteiger partial charge in [0.2, 0.25) is 0 Å². The molecule has 8 heteroatoms. The number of likely N-dealkylation sites (N-methyl/N-ethyl adjacent to an activating group) is 1. The standard InChI is InChI=1S/C36H67NO7/c1-6-8-10-12-14-15-16-17-18-19-21-23-25-27-35(39)44-32(30-42-29-28-33(36(40)41)37(3,4)5)31-43-34(38)26-24-22-20-13-11-9-7-2/h20,22,32-33H,6-19,21,23-31H2,1-5H3/p+1/b22-20+. The van der Waals surface area contributed by atoms with E-state index in [0.717, 1.165) is 32.1 Å². The second kappa shape index (κ2) is 28.5. The maximum atomic E-state index is 12.6. The number of carboxylic acids is 1. The third-order valence-corrected chi connectivity index (χ3v) is 7.93. The van der Waals surface area contributed by atoms with Crippen LogP contribution in [-0.2, 0) is 28.6 Å². The lowest BCUT2D eigenvalue weighted by atomic mass is 10.0. The van der Waals surface area contributed by atoms with Crippen molar-refractivity contribution in [1.29, 1.82) is 0 Å². The number of esters is 2. The van der Waals surface area contributed by atoms with E-state index in [1.165, 1.54) is 77.0 Å². The van der Waals surface area contributed by atoms with Crippen molar-refractivity contribution < 1.29 is 38.2 Å². The lowest BCUT2D eigenvalue weighted by Crippen LogP contribution is -2.50. The first-order valence-electron chi connectivity index (χ1n) is 17.7. The van der Waals surface area contributed by atoms with Gasteiger partial charge in [0.05, 0.1) is 34.4 Å². The normalized spacial score (nSPS) is 13.2. The number of unbranched alkanes of at least 4 members (excludes halogenated alkanes) is 15. The highest BCUT2D eigenvalue weighted by atomic mass is 16.6. The first-order valence-corrected chi connectivity index (χ1v) is 17.7. The van der Waals surface area contributed by atoms with Gasteiger partial charge in [0, 0.05) is 19.3 Å². The molecule has 0 aliphatic heterocycles. The summed E-state index contributed by atoms with van der Waals surface area (Å²) in [7, 11) is 5.50. The van der Waals surface area contributed by atoms with Crippen LogP contribution in [0.5, 0.6) is 0 Å². The Morgan fingerprint density at radius 1 is 0.659 bits per heavy atom. The molecule has 0 spiro atoms. The molecule has 1 N–H and O–H groups in total. The zero-order valence-corrected chi connectivity index (χ0v) is 29.1. The average molecular weight is 627 g/mol. The summed E-state index contributed by atoms with van der Waals surface area (Å²) in [4.78, 5) is 36.5. The molecule has 0 bridgehead atoms. The number of carbonyl (C=O) groups excluding carboxylic acids is 2. The van der Waals surface area contributed by atoms with Gasteiger partial charge in [0.25, 0.3) is 0 Å². The minimum absolute atomic E-state index is 0.0540. The molecule has 44 heavy (non-hydrogen) atoms. The molecular formula is C36H68NO7+. The zero-order chi connectivity index (χ0) is 32.9. The highest BCUT2D eigenvalue weighted by Crippen LogP contribution is 2.14. The summed E-state index contributed by atoms with van der Waals surface area (Å²) in [5.74, 6) is -1.53. The lowest BCUT2D eigenvalue weighted by Gasteiger charge is -2.31. The van der Waals surface area contributed by atoms with E-state index in [9.17, 15) is 19.5 Å². The van der Waals surface area contributed by atoms with Crippen LogP contribution in [0.25, 0.3) is 0 Å². The van der Waals surface area contributed by atoms with E-state index in [1.54, 1.807) is 0 Å². The molecule has 0 aliphatic rings. The monoisotopic (exact) mass is 626 g/mol. The Morgan fingerprint density at radius 3 is 1.73 bits per heavy atom. The molecule has 8 nitrogen and oxygen atoms in total.